The largest absolute Gasteiger partial charge is 0.447 e. The predicted molar refractivity (Wildman–Crippen MR) is 92.7 cm³/mol. The van der Waals surface area contributed by atoms with Crippen molar-refractivity contribution < 1.29 is 19.4 Å². The van der Waals surface area contributed by atoms with E-state index in [4.69, 9.17) is 21.1 Å². The summed E-state index contributed by atoms with van der Waals surface area (Å²) >= 11 is 5.85. The molecule has 0 aromatic heterocycles. The van der Waals surface area contributed by atoms with Crippen molar-refractivity contribution in [3.8, 4) is 11.5 Å². The Morgan fingerprint density at radius 1 is 1.16 bits per heavy atom. The molecular weight excluding hydrogens is 342 g/mol. The van der Waals surface area contributed by atoms with Gasteiger partial charge in [-0.25, -0.2) is 0 Å². The highest BCUT2D eigenvalue weighted by Crippen LogP contribution is 2.43. The first-order chi connectivity index (χ1) is 12.0. The van der Waals surface area contributed by atoms with Crippen LogP contribution in [0.25, 0.3) is 0 Å². The van der Waals surface area contributed by atoms with Crippen molar-refractivity contribution in [3.05, 3.63) is 59.1 Å². The number of hydrogen-bond acceptors (Lipinski definition) is 4. The maximum atomic E-state index is 12.5. The number of carbonyl (C=O) groups excluding carboxylic acids is 1. The van der Waals surface area contributed by atoms with Crippen LogP contribution in [0.2, 0.25) is 5.02 Å². The van der Waals surface area contributed by atoms with Crippen molar-refractivity contribution in [2.45, 2.75) is 24.7 Å². The maximum Gasteiger partial charge on any atom is 0.270 e. The van der Waals surface area contributed by atoms with E-state index in [1.807, 2.05) is 24.3 Å². The van der Waals surface area contributed by atoms with Gasteiger partial charge in [0.2, 0.25) is 5.91 Å². The summed E-state index contributed by atoms with van der Waals surface area (Å²) in [6.45, 7) is 0.897. The van der Waals surface area contributed by atoms with Crippen LogP contribution in [0.5, 0.6) is 11.5 Å². The molecule has 130 valence electrons. The second kappa shape index (κ2) is 6.24. The molecule has 0 saturated carbocycles. The third kappa shape index (κ3) is 3.17. The monoisotopic (exact) mass is 359 g/mol. The highest BCUT2D eigenvalue weighted by molar-refractivity contribution is 6.30. The summed E-state index contributed by atoms with van der Waals surface area (Å²) in [4.78, 5) is 14.2. The number of para-hydroxylation sites is 2. The Morgan fingerprint density at radius 2 is 1.80 bits per heavy atom. The van der Waals surface area contributed by atoms with Crippen LogP contribution in [0.4, 0.5) is 0 Å². The van der Waals surface area contributed by atoms with Crippen LogP contribution in [0, 0.1) is 0 Å². The molecule has 2 aromatic rings. The average Bonchev–Trinajstić information content (AvgIpc) is 3.18. The molecule has 1 saturated heterocycles. The lowest BCUT2D eigenvalue weighted by Gasteiger charge is -2.23. The Balaban J connectivity index is 1.39. The summed E-state index contributed by atoms with van der Waals surface area (Å²) in [5.41, 5.74) is 0.674. The number of nitrogens with zero attached hydrogens (tertiary/aromatic N) is 1. The molecule has 2 aliphatic rings. The van der Waals surface area contributed by atoms with Gasteiger partial charge in [0, 0.05) is 18.0 Å². The number of ether oxygens (including phenoxy) is 2. The molecule has 4 rings (SSSR count). The van der Waals surface area contributed by atoms with Gasteiger partial charge in [0.25, 0.3) is 5.79 Å². The summed E-state index contributed by atoms with van der Waals surface area (Å²) in [6.07, 6.45) is -0.237. The van der Waals surface area contributed by atoms with Crippen LogP contribution in [-0.4, -0.2) is 34.8 Å². The Bertz CT molecular complexity index is 767. The molecule has 2 aliphatic heterocycles. The summed E-state index contributed by atoms with van der Waals surface area (Å²) < 4.78 is 11.9. The van der Waals surface area contributed by atoms with E-state index in [9.17, 15) is 9.90 Å². The number of aliphatic hydroxyl groups excluding tert-OH is 1. The van der Waals surface area contributed by atoms with Gasteiger partial charge in [-0.2, -0.15) is 0 Å². The molecule has 6 heteroatoms. The number of likely N-dealkylation sites (tertiary alicyclic amines) is 1. The smallest absolute Gasteiger partial charge is 0.270 e. The molecule has 1 N–H and O–H groups in total. The van der Waals surface area contributed by atoms with Gasteiger partial charge in [-0.3, -0.25) is 4.79 Å². The van der Waals surface area contributed by atoms with Gasteiger partial charge in [-0.15, -0.1) is 0 Å². The van der Waals surface area contributed by atoms with Crippen LogP contribution in [0.15, 0.2) is 48.5 Å². The summed E-state index contributed by atoms with van der Waals surface area (Å²) in [7, 11) is 0. The average molecular weight is 360 g/mol. The van der Waals surface area contributed by atoms with Crippen molar-refractivity contribution in [2.75, 3.05) is 13.1 Å². The number of hydrogen-bond donors (Lipinski definition) is 1. The molecule has 0 radical (unpaired) electrons. The first kappa shape index (κ1) is 16.2. The molecular formula is C19H18ClNO4. The summed E-state index contributed by atoms with van der Waals surface area (Å²) in [5, 5.41) is 10.9. The zero-order valence-corrected chi connectivity index (χ0v) is 14.3. The van der Waals surface area contributed by atoms with E-state index in [2.05, 4.69) is 0 Å². The van der Waals surface area contributed by atoms with E-state index in [-0.39, 0.29) is 12.3 Å². The van der Waals surface area contributed by atoms with Gasteiger partial charge >= 0.3 is 0 Å². The molecule has 5 nitrogen and oxygen atoms in total. The van der Waals surface area contributed by atoms with Crippen LogP contribution in [-0.2, 0) is 4.79 Å². The Kier molecular flexibility index (Phi) is 4.06. The topological polar surface area (TPSA) is 59.0 Å². The fourth-order valence-corrected chi connectivity index (χ4v) is 3.40. The van der Waals surface area contributed by atoms with Gasteiger partial charge in [0.15, 0.2) is 11.5 Å². The zero-order valence-electron chi connectivity index (χ0n) is 13.5. The number of halogens is 1. The molecule has 1 amide bonds. The Labute approximate surface area is 150 Å². The number of fused-ring (bicyclic) bond motifs is 1. The molecule has 2 heterocycles. The standard InChI is InChI=1S/C19H18ClNO4/c20-14-7-5-13(6-8-14)15(22)11-18(23)21-10-9-19(12-21)24-16-3-1-2-4-17(16)25-19/h1-8,15,22H,9-12H2. The van der Waals surface area contributed by atoms with E-state index in [1.165, 1.54) is 0 Å². The van der Waals surface area contributed by atoms with Crippen molar-refractivity contribution in [1.82, 2.24) is 4.90 Å². The van der Waals surface area contributed by atoms with Gasteiger partial charge < -0.3 is 19.5 Å². The van der Waals surface area contributed by atoms with E-state index in [1.54, 1.807) is 29.2 Å². The lowest BCUT2D eigenvalue weighted by atomic mass is 10.1. The van der Waals surface area contributed by atoms with Crippen molar-refractivity contribution in [3.63, 3.8) is 0 Å². The SMILES string of the molecule is O=C(CC(O)c1ccc(Cl)cc1)N1CCC2(C1)Oc1ccccc1O2. The summed E-state index contributed by atoms with van der Waals surface area (Å²) in [5.74, 6) is 0.489. The van der Waals surface area contributed by atoms with Crippen molar-refractivity contribution in [1.29, 1.82) is 0 Å². The van der Waals surface area contributed by atoms with E-state index < -0.39 is 11.9 Å². The van der Waals surface area contributed by atoms with Gasteiger partial charge in [-0.05, 0) is 29.8 Å². The van der Waals surface area contributed by atoms with Crippen LogP contribution in [0.1, 0.15) is 24.5 Å². The van der Waals surface area contributed by atoms with Crippen molar-refractivity contribution >= 4 is 17.5 Å². The van der Waals surface area contributed by atoms with E-state index >= 15 is 0 Å². The highest BCUT2D eigenvalue weighted by atomic mass is 35.5. The molecule has 0 aliphatic carbocycles. The number of rotatable bonds is 3. The van der Waals surface area contributed by atoms with E-state index in [0.717, 1.165) is 0 Å². The first-order valence-electron chi connectivity index (χ1n) is 8.23. The third-order valence-electron chi connectivity index (χ3n) is 4.61. The fraction of sp³-hybridized carbons (Fsp3) is 0.316. The Morgan fingerprint density at radius 3 is 2.44 bits per heavy atom. The molecule has 1 unspecified atom stereocenters. The molecule has 0 bridgehead atoms. The highest BCUT2D eigenvalue weighted by Gasteiger charge is 2.48. The van der Waals surface area contributed by atoms with Crippen molar-refractivity contribution in [2.24, 2.45) is 0 Å². The predicted octanol–water partition coefficient (Wildman–Crippen LogP) is 3.16. The minimum Gasteiger partial charge on any atom is -0.447 e. The normalized spacial score (nSPS) is 18.6. The number of benzene rings is 2. The maximum absolute atomic E-state index is 12.5. The molecule has 1 atom stereocenters. The van der Waals surface area contributed by atoms with Crippen LogP contribution < -0.4 is 9.47 Å². The second-order valence-corrected chi connectivity index (χ2v) is 6.83. The van der Waals surface area contributed by atoms with Gasteiger partial charge in [0.1, 0.15) is 0 Å². The number of aliphatic hydroxyl groups is 1. The minimum atomic E-state index is -0.857. The minimum absolute atomic E-state index is 0.0185. The fourth-order valence-electron chi connectivity index (χ4n) is 3.27. The van der Waals surface area contributed by atoms with Crippen LogP contribution >= 0.6 is 11.6 Å². The first-order valence-corrected chi connectivity index (χ1v) is 8.61. The number of carbonyl (C=O) groups is 1. The molecule has 25 heavy (non-hydrogen) atoms. The molecule has 1 spiro atoms. The lowest BCUT2D eigenvalue weighted by Crippen LogP contribution is -2.43. The molecule has 1 fully saturated rings. The third-order valence-corrected chi connectivity index (χ3v) is 4.86. The Hall–Kier alpha value is -2.24. The second-order valence-electron chi connectivity index (χ2n) is 6.40. The zero-order chi connectivity index (χ0) is 17.4. The van der Waals surface area contributed by atoms with Gasteiger partial charge in [-0.1, -0.05) is 35.9 Å². The van der Waals surface area contributed by atoms with E-state index in [0.29, 0.717) is 41.6 Å². The van der Waals surface area contributed by atoms with Gasteiger partial charge in [0.05, 0.1) is 19.1 Å². The lowest BCUT2D eigenvalue weighted by molar-refractivity contribution is -0.135. The molecule has 2 aromatic carbocycles. The quantitative estimate of drug-likeness (QED) is 0.914. The number of amides is 1. The summed E-state index contributed by atoms with van der Waals surface area (Å²) in [6, 6.07) is 14.4. The van der Waals surface area contributed by atoms with Crippen LogP contribution in [0.3, 0.4) is 0 Å².